The van der Waals surface area contributed by atoms with Crippen LogP contribution in [0, 0.1) is 0 Å². The van der Waals surface area contributed by atoms with E-state index in [4.69, 9.17) is 0 Å². The largest absolute Gasteiger partial charge is 0.313 e. The van der Waals surface area contributed by atoms with E-state index in [9.17, 15) is 0 Å². The number of nitrogens with zero attached hydrogens (tertiary/aromatic N) is 1. The summed E-state index contributed by atoms with van der Waals surface area (Å²) >= 11 is 0. The van der Waals surface area contributed by atoms with Crippen LogP contribution in [0.3, 0.4) is 0 Å². The first-order chi connectivity index (χ1) is 7.86. The molecule has 1 fully saturated rings. The van der Waals surface area contributed by atoms with Gasteiger partial charge in [-0.1, -0.05) is 19.4 Å². The van der Waals surface area contributed by atoms with Gasteiger partial charge in [0.2, 0.25) is 0 Å². The van der Waals surface area contributed by atoms with Crippen LogP contribution < -0.4 is 5.32 Å². The highest BCUT2D eigenvalue weighted by molar-refractivity contribution is 4.78. The lowest BCUT2D eigenvalue weighted by Gasteiger charge is -2.25. The lowest BCUT2D eigenvalue weighted by atomic mass is 10.2. The molecule has 94 valence electrons. The monoisotopic (exact) mass is 224 g/mol. The topological polar surface area (TPSA) is 15.3 Å². The zero-order chi connectivity index (χ0) is 11.6. The minimum Gasteiger partial charge on any atom is -0.313 e. The number of hydrogen-bond acceptors (Lipinski definition) is 2. The van der Waals surface area contributed by atoms with Crippen molar-refractivity contribution < 1.29 is 0 Å². The SMILES string of the molecule is C=CCCCN(CCCC)CC1CCCN1. The van der Waals surface area contributed by atoms with Gasteiger partial charge < -0.3 is 10.2 Å². The Kier molecular flexibility index (Phi) is 7.52. The first kappa shape index (κ1) is 13.7. The zero-order valence-electron chi connectivity index (χ0n) is 10.9. The van der Waals surface area contributed by atoms with E-state index in [1.54, 1.807) is 0 Å². The highest BCUT2D eigenvalue weighted by Crippen LogP contribution is 2.08. The Labute approximate surface area is 101 Å². The molecule has 0 aliphatic carbocycles. The highest BCUT2D eigenvalue weighted by Gasteiger charge is 2.16. The summed E-state index contributed by atoms with van der Waals surface area (Å²) in [6, 6.07) is 0.751. The minimum atomic E-state index is 0.751. The molecule has 0 spiro atoms. The van der Waals surface area contributed by atoms with Crippen LogP contribution in [0.4, 0.5) is 0 Å². The van der Waals surface area contributed by atoms with Gasteiger partial charge in [0.05, 0.1) is 0 Å². The standard InChI is InChI=1S/C14H28N2/c1-3-5-7-12-16(11-6-4-2)13-14-9-8-10-15-14/h3,14-15H,1,4-13H2,2H3. The normalized spacial score (nSPS) is 20.5. The summed E-state index contributed by atoms with van der Waals surface area (Å²) in [4.78, 5) is 2.63. The lowest BCUT2D eigenvalue weighted by molar-refractivity contribution is 0.243. The number of unbranched alkanes of at least 4 members (excludes halogenated alkanes) is 2. The van der Waals surface area contributed by atoms with E-state index in [1.807, 2.05) is 6.08 Å². The van der Waals surface area contributed by atoms with Gasteiger partial charge in [-0.3, -0.25) is 0 Å². The van der Waals surface area contributed by atoms with E-state index in [2.05, 4.69) is 23.7 Å². The van der Waals surface area contributed by atoms with Crippen molar-refractivity contribution in [3.8, 4) is 0 Å². The molecular weight excluding hydrogens is 196 g/mol. The van der Waals surface area contributed by atoms with Gasteiger partial charge in [0.15, 0.2) is 0 Å². The van der Waals surface area contributed by atoms with E-state index in [1.165, 1.54) is 58.3 Å². The fraction of sp³-hybridized carbons (Fsp3) is 0.857. The second-order valence-corrected chi connectivity index (χ2v) is 4.88. The molecule has 0 aromatic carbocycles. The average Bonchev–Trinajstić information content (AvgIpc) is 2.78. The third-order valence-electron chi connectivity index (χ3n) is 3.35. The van der Waals surface area contributed by atoms with Gasteiger partial charge in [0.1, 0.15) is 0 Å². The molecule has 0 aromatic rings. The van der Waals surface area contributed by atoms with Crippen LogP contribution >= 0.6 is 0 Å². The first-order valence-corrected chi connectivity index (χ1v) is 6.93. The second kappa shape index (κ2) is 8.77. The Balaban J connectivity index is 2.21. The van der Waals surface area contributed by atoms with Crippen molar-refractivity contribution in [1.29, 1.82) is 0 Å². The third-order valence-corrected chi connectivity index (χ3v) is 3.35. The fourth-order valence-electron chi connectivity index (χ4n) is 2.36. The van der Waals surface area contributed by atoms with Gasteiger partial charge >= 0.3 is 0 Å². The van der Waals surface area contributed by atoms with Crippen molar-refractivity contribution >= 4 is 0 Å². The van der Waals surface area contributed by atoms with Gasteiger partial charge in [0.25, 0.3) is 0 Å². The molecule has 0 radical (unpaired) electrons. The van der Waals surface area contributed by atoms with Crippen LogP contribution in [0.1, 0.15) is 45.4 Å². The Hall–Kier alpha value is -0.340. The Morgan fingerprint density at radius 3 is 2.81 bits per heavy atom. The van der Waals surface area contributed by atoms with Crippen LogP contribution in [0.5, 0.6) is 0 Å². The quantitative estimate of drug-likeness (QED) is 0.478. The second-order valence-electron chi connectivity index (χ2n) is 4.88. The molecule has 1 unspecified atom stereocenters. The molecule has 1 saturated heterocycles. The van der Waals surface area contributed by atoms with Crippen molar-refractivity contribution in [2.45, 2.75) is 51.5 Å². The fourth-order valence-corrected chi connectivity index (χ4v) is 2.36. The maximum absolute atomic E-state index is 3.79. The minimum absolute atomic E-state index is 0.751. The first-order valence-electron chi connectivity index (χ1n) is 6.93. The molecule has 0 saturated carbocycles. The number of hydrogen-bond donors (Lipinski definition) is 1. The van der Waals surface area contributed by atoms with Gasteiger partial charge in [-0.2, -0.15) is 0 Å². The molecule has 1 aliphatic rings. The van der Waals surface area contributed by atoms with E-state index in [-0.39, 0.29) is 0 Å². The molecule has 0 bridgehead atoms. The Bertz CT molecular complexity index is 174. The number of rotatable bonds is 9. The van der Waals surface area contributed by atoms with Crippen molar-refractivity contribution in [1.82, 2.24) is 10.2 Å². The molecule has 0 amide bonds. The Morgan fingerprint density at radius 1 is 1.38 bits per heavy atom. The lowest BCUT2D eigenvalue weighted by Crippen LogP contribution is -2.38. The molecular formula is C14H28N2. The summed E-state index contributed by atoms with van der Waals surface area (Å²) in [6.45, 7) is 11.0. The number of allylic oxidation sites excluding steroid dienone is 1. The summed E-state index contributed by atoms with van der Waals surface area (Å²) in [6.07, 6.45) is 9.81. The van der Waals surface area contributed by atoms with Crippen LogP contribution in [0.25, 0.3) is 0 Å². The van der Waals surface area contributed by atoms with E-state index in [0.717, 1.165) is 12.5 Å². The van der Waals surface area contributed by atoms with Crippen LogP contribution in [0.15, 0.2) is 12.7 Å². The summed E-state index contributed by atoms with van der Waals surface area (Å²) in [5.41, 5.74) is 0. The van der Waals surface area contributed by atoms with Gasteiger partial charge in [-0.25, -0.2) is 0 Å². The van der Waals surface area contributed by atoms with Crippen LogP contribution in [0.2, 0.25) is 0 Å². The highest BCUT2D eigenvalue weighted by atomic mass is 15.1. The molecule has 1 rings (SSSR count). The molecule has 2 nitrogen and oxygen atoms in total. The third kappa shape index (κ3) is 5.66. The Morgan fingerprint density at radius 2 is 2.19 bits per heavy atom. The maximum Gasteiger partial charge on any atom is 0.0195 e. The van der Waals surface area contributed by atoms with Crippen molar-refractivity contribution in [3.63, 3.8) is 0 Å². The molecule has 1 N–H and O–H groups in total. The summed E-state index contributed by atoms with van der Waals surface area (Å²) in [7, 11) is 0. The van der Waals surface area contributed by atoms with Gasteiger partial charge in [0, 0.05) is 12.6 Å². The predicted octanol–water partition coefficient (Wildman–Crippen LogP) is 2.81. The maximum atomic E-state index is 3.79. The van der Waals surface area contributed by atoms with Crippen molar-refractivity contribution in [3.05, 3.63) is 12.7 Å². The average molecular weight is 224 g/mol. The summed E-state index contributed by atoms with van der Waals surface area (Å²) in [5, 5.41) is 3.59. The molecule has 0 aromatic heterocycles. The van der Waals surface area contributed by atoms with E-state index in [0.29, 0.717) is 0 Å². The number of nitrogens with one attached hydrogen (secondary N) is 1. The molecule has 2 heteroatoms. The van der Waals surface area contributed by atoms with Gasteiger partial charge in [-0.15, -0.1) is 6.58 Å². The smallest absolute Gasteiger partial charge is 0.0195 e. The van der Waals surface area contributed by atoms with Crippen LogP contribution in [-0.2, 0) is 0 Å². The predicted molar refractivity (Wildman–Crippen MR) is 71.8 cm³/mol. The molecule has 16 heavy (non-hydrogen) atoms. The summed E-state index contributed by atoms with van der Waals surface area (Å²) in [5.74, 6) is 0. The molecule has 1 atom stereocenters. The van der Waals surface area contributed by atoms with Gasteiger partial charge in [-0.05, 0) is 51.7 Å². The van der Waals surface area contributed by atoms with E-state index < -0.39 is 0 Å². The van der Waals surface area contributed by atoms with Crippen molar-refractivity contribution in [2.24, 2.45) is 0 Å². The molecule has 1 heterocycles. The van der Waals surface area contributed by atoms with E-state index >= 15 is 0 Å². The zero-order valence-corrected chi connectivity index (χ0v) is 10.9. The van der Waals surface area contributed by atoms with Crippen LogP contribution in [-0.4, -0.2) is 37.1 Å². The van der Waals surface area contributed by atoms with Crippen molar-refractivity contribution in [2.75, 3.05) is 26.2 Å². The molecule has 1 aliphatic heterocycles. The summed E-state index contributed by atoms with van der Waals surface area (Å²) < 4.78 is 0.